The van der Waals surface area contributed by atoms with Crippen LogP contribution in [0.1, 0.15) is 36.0 Å². The van der Waals surface area contributed by atoms with E-state index < -0.39 is 11.7 Å². The first-order chi connectivity index (χ1) is 12.2. The highest BCUT2D eigenvalue weighted by atomic mass is 16.5. The number of aliphatic hydroxyl groups excluding tert-OH is 1. The molecule has 1 aromatic carbocycles. The molecule has 0 bridgehead atoms. The van der Waals surface area contributed by atoms with Gasteiger partial charge in [-0.1, -0.05) is 0 Å². The molecule has 0 aliphatic carbocycles. The van der Waals surface area contributed by atoms with Crippen molar-refractivity contribution < 1.29 is 14.6 Å². The predicted octanol–water partition coefficient (Wildman–Crippen LogP) is 2.02. The standard InChI is InChI=1S/C19H23N3O3/c23-17-3-1-14-25-19(17)8-12-21(13-9-19)18(24)15-4-6-16(7-5-15)22-11-2-10-20-22/h2,4-7,10-11,17,23H,1,3,8-9,12-14H2/t17-/m0/s1. The smallest absolute Gasteiger partial charge is 0.253 e. The first kappa shape index (κ1) is 16.3. The molecule has 1 amide bonds. The van der Waals surface area contributed by atoms with E-state index in [4.69, 9.17) is 4.74 Å². The minimum atomic E-state index is -0.445. The van der Waals surface area contributed by atoms with Gasteiger partial charge in [-0.3, -0.25) is 4.79 Å². The number of aromatic nitrogens is 2. The maximum absolute atomic E-state index is 12.8. The SMILES string of the molecule is O=C(c1ccc(-n2cccn2)cc1)N1CCC2(CC1)OCCC[C@@H]2O. The van der Waals surface area contributed by atoms with Gasteiger partial charge in [0, 0.05) is 37.7 Å². The first-order valence-corrected chi connectivity index (χ1v) is 8.89. The highest BCUT2D eigenvalue weighted by Crippen LogP contribution is 2.35. The number of likely N-dealkylation sites (tertiary alicyclic amines) is 1. The highest BCUT2D eigenvalue weighted by Gasteiger charge is 2.44. The summed E-state index contributed by atoms with van der Waals surface area (Å²) >= 11 is 0. The lowest BCUT2D eigenvalue weighted by Crippen LogP contribution is -2.56. The third-order valence-corrected chi connectivity index (χ3v) is 5.40. The van der Waals surface area contributed by atoms with E-state index in [-0.39, 0.29) is 5.91 Å². The first-order valence-electron chi connectivity index (χ1n) is 8.89. The number of ether oxygens (including phenoxy) is 1. The molecule has 6 nitrogen and oxygen atoms in total. The van der Waals surface area contributed by atoms with Crippen molar-refractivity contribution >= 4 is 5.91 Å². The Balaban J connectivity index is 1.42. The summed E-state index contributed by atoms with van der Waals surface area (Å²) in [6.07, 6.45) is 6.29. The zero-order chi connectivity index (χ0) is 17.3. The summed E-state index contributed by atoms with van der Waals surface area (Å²) in [6, 6.07) is 9.36. The minimum Gasteiger partial charge on any atom is -0.390 e. The maximum Gasteiger partial charge on any atom is 0.253 e. The van der Waals surface area contributed by atoms with Gasteiger partial charge in [0.1, 0.15) is 0 Å². The van der Waals surface area contributed by atoms with Gasteiger partial charge in [0.15, 0.2) is 0 Å². The second kappa shape index (κ2) is 6.61. The van der Waals surface area contributed by atoms with Crippen molar-refractivity contribution in [2.24, 2.45) is 0 Å². The Labute approximate surface area is 147 Å². The number of rotatable bonds is 2. The summed E-state index contributed by atoms with van der Waals surface area (Å²) in [5, 5.41) is 14.5. The number of nitrogens with zero attached hydrogens (tertiary/aromatic N) is 3. The summed E-state index contributed by atoms with van der Waals surface area (Å²) in [5.41, 5.74) is 1.16. The van der Waals surface area contributed by atoms with Crippen LogP contribution in [-0.4, -0.2) is 57.1 Å². The van der Waals surface area contributed by atoms with Crippen LogP contribution in [0, 0.1) is 0 Å². The number of piperidine rings is 1. The molecule has 2 saturated heterocycles. The van der Waals surface area contributed by atoms with Gasteiger partial charge < -0.3 is 14.7 Å². The molecule has 2 fully saturated rings. The van der Waals surface area contributed by atoms with Gasteiger partial charge in [-0.05, 0) is 56.0 Å². The van der Waals surface area contributed by atoms with Crippen molar-refractivity contribution in [1.82, 2.24) is 14.7 Å². The van der Waals surface area contributed by atoms with Crippen LogP contribution in [0.25, 0.3) is 5.69 Å². The number of carbonyl (C=O) groups excluding carboxylic acids is 1. The molecule has 0 saturated carbocycles. The molecule has 1 aromatic heterocycles. The third-order valence-electron chi connectivity index (χ3n) is 5.40. The Kier molecular flexibility index (Phi) is 4.31. The summed E-state index contributed by atoms with van der Waals surface area (Å²) in [4.78, 5) is 14.6. The summed E-state index contributed by atoms with van der Waals surface area (Å²) in [5.74, 6) is 0.0344. The van der Waals surface area contributed by atoms with Crippen LogP contribution in [0.2, 0.25) is 0 Å². The molecule has 0 radical (unpaired) electrons. The molecule has 1 N–H and O–H groups in total. The number of carbonyl (C=O) groups is 1. The Morgan fingerprint density at radius 2 is 2.00 bits per heavy atom. The van der Waals surface area contributed by atoms with Crippen molar-refractivity contribution in [3.63, 3.8) is 0 Å². The zero-order valence-corrected chi connectivity index (χ0v) is 14.2. The molecule has 132 valence electrons. The number of hydrogen-bond acceptors (Lipinski definition) is 4. The Hall–Kier alpha value is -2.18. The van der Waals surface area contributed by atoms with Gasteiger partial charge in [-0.25, -0.2) is 4.68 Å². The summed E-state index contributed by atoms with van der Waals surface area (Å²) < 4.78 is 7.68. The maximum atomic E-state index is 12.8. The second-order valence-electron chi connectivity index (χ2n) is 6.86. The molecule has 25 heavy (non-hydrogen) atoms. The van der Waals surface area contributed by atoms with Gasteiger partial charge >= 0.3 is 0 Å². The van der Waals surface area contributed by atoms with Gasteiger partial charge in [0.2, 0.25) is 0 Å². The molecule has 1 spiro atoms. The van der Waals surface area contributed by atoms with Crippen molar-refractivity contribution in [3.8, 4) is 5.69 Å². The molecule has 6 heteroatoms. The van der Waals surface area contributed by atoms with Crippen molar-refractivity contribution in [3.05, 3.63) is 48.3 Å². The zero-order valence-electron chi connectivity index (χ0n) is 14.2. The number of hydrogen-bond donors (Lipinski definition) is 1. The predicted molar refractivity (Wildman–Crippen MR) is 92.6 cm³/mol. The normalized spacial score (nSPS) is 22.9. The lowest BCUT2D eigenvalue weighted by atomic mass is 9.82. The van der Waals surface area contributed by atoms with Gasteiger partial charge in [0.25, 0.3) is 5.91 Å². The molecule has 2 aromatic rings. The highest BCUT2D eigenvalue weighted by molar-refractivity contribution is 5.94. The van der Waals surface area contributed by atoms with E-state index in [0.29, 0.717) is 38.1 Å². The van der Waals surface area contributed by atoms with E-state index >= 15 is 0 Å². The van der Waals surface area contributed by atoms with E-state index in [1.54, 1.807) is 10.9 Å². The molecule has 1 atom stereocenters. The topological polar surface area (TPSA) is 67.6 Å². The quantitative estimate of drug-likeness (QED) is 0.907. The number of aliphatic hydroxyl groups is 1. The summed E-state index contributed by atoms with van der Waals surface area (Å²) in [6.45, 7) is 1.95. The van der Waals surface area contributed by atoms with Crippen LogP contribution in [0.4, 0.5) is 0 Å². The molecule has 2 aliphatic rings. The van der Waals surface area contributed by atoms with Crippen LogP contribution in [-0.2, 0) is 4.74 Å². The van der Waals surface area contributed by atoms with Gasteiger partial charge in [-0.2, -0.15) is 5.10 Å². The monoisotopic (exact) mass is 341 g/mol. The van der Waals surface area contributed by atoms with Crippen LogP contribution in [0.15, 0.2) is 42.7 Å². The Morgan fingerprint density at radius 3 is 2.64 bits per heavy atom. The van der Waals surface area contributed by atoms with Crippen LogP contribution < -0.4 is 0 Å². The van der Waals surface area contributed by atoms with Gasteiger partial charge in [-0.15, -0.1) is 0 Å². The fraction of sp³-hybridized carbons (Fsp3) is 0.474. The largest absolute Gasteiger partial charge is 0.390 e. The van der Waals surface area contributed by atoms with Crippen molar-refractivity contribution in [2.45, 2.75) is 37.4 Å². The molecule has 2 aliphatic heterocycles. The molecular weight excluding hydrogens is 318 g/mol. The average molecular weight is 341 g/mol. The Bertz CT molecular complexity index is 719. The summed E-state index contributed by atoms with van der Waals surface area (Å²) in [7, 11) is 0. The number of amides is 1. The fourth-order valence-corrected chi connectivity index (χ4v) is 3.84. The van der Waals surface area contributed by atoms with E-state index in [9.17, 15) is 9.90 Å². The van der Waals surface area contributed by atoms with Gasteiger partial charge in [0.05, 0.1) is 17.4 Å². The van der Waals surface area contributed by atoms with E-state index in [1.807, 2.05) is 41.4 Å². The fourth-order valence-electron chi connectivity index (χ4n) is 3.84. The van der Waals surface area contributed by atoms with Crippen LogP contribution in [0.5, 0.6) is 0 Å². The molecule has 0 unspecified atom stereocenters. The number of benzene rings is 1. The Morgan fingerprint density at radius 1 is 1.24 bits per heavy atom. The molecular formula is C19H23N3O3. The van der Waals surface area contributed by atoms with Crippen LogP contribution >= 0.6 is 0 Å². The lowest BCUT2D eigenvalue weighted by Gasteiger charge is -2.46. The second-order valence-corrected chi connectivity index (χ2v) is 6.86. The van der Waals surface area contributed by atoms with Crippen molar-refractivity contribution in [2.75, 3.05) is 19.7 Å². The molecule has 3 heterocycles. The lowest BCUT2D eigenvalue weighted by molar-refractivity contribution is -0.174. The van der Waals surface area contributed by atoms with E-state index in [1.165, 1.54) is 0 Å². The van der Waals surface area contributed by atoms with E-state index in [0.717, 1.165) is 18.5 Å². The minimum absolute atomic E-state index is 0.0344. The third kappa shape index (κ3) is 3.07. The molecule has 4 rings (SSSR count). The van der Waals surface area contributed by atoms with Crippen LogP contribution in [0.3, 0.4) is 0 Å². The van der Waals surface area contributed by atoms with E-state index in [2.05, 4.69) is 5.10 Å². The van der Waals surface area contributed by atoms with Crippen molar-refractivity contribution in [1.29, 1.82) is 0 Å². The average Bonchev–Trinajstić information content (AvgIpc) is 3.19.